The highest BCUT2D eigenvalue weighted by Crippen LogP contribution is 2.52. The summed E-state index contributed by atoms with van der Waals surface area (Å²) < 4.78 is 17.2. The van der Waals surface area contributed by atoms with Crippen LogP contribution in [0, 0.1) is 0 Å². The summed E-state index contributed by atoms with van der Waals surface area (Å²) in [6, 6.07) is 3.37. The van der Waals surface area contributed by atoms with E-state index < -0.39 is 101 Å². The van der Waals surface area contributed by atoms with Crippen molar-refractivity contribution in [3.63, 3.8) is 0 Å². The molecule has 6 atom stereocenters. The highest BCUT2D eigenvalue weighted by Gasteiger charge is 2.49. The van der Waals surface area contributed by atoms with Gasteiger partial charge >= 0.3 is 0 Å². The molecule has 3 aliphatic rings. The van der Waals surface area contributed by atoms with Crippen molar-refractivity contribution < 1.29 is 58.6 Å². The number of nitrogens with one attached hydrogen (secondary N) is 1. The fraction of sp³-hybridized carbons (Fsp3) is 0.433. The van der Waals surface area contributed by atoms with Crippen LogP contribution < -0.4 is 10.1 Å². The van der Waals surface area contributed by atoms with Gasteiger partial charge in [-0.2, -0.15) is 0 Å². The number of fused-ring (bicyclic) bond motifs is 3. The number of hydrogen-bond donors (Lipinski definition) is 5. The molecule has 0 radical (unpaired) electrons. The number of aromatic hydroxyl groups is 2. The Bertz CT molecular complexity index is 1580. The lowest BCUT2D eigenvalue weighted by molar-refractivity contribution is -0.249. The molecule has 1 fully saturated rings. The molecule has 2 aromatic carbocycles. The van der Waals surface area contributed by atoms with Gasteiger partial charge in [-0.3, -0.25) is 24.0 Å². The zero-order valence-corrected chi connectivity index (χ0v) is 23.8. The van der Waals surface area contributed by atoms with Gasteiger partial charge in [0.05, 0.1) is 42.0 Å². The molecular weight excluding hydrogens is 566 g/mol. The number of ether oxygens (including phenoxy) is 3. The third kappa shape index (κ3) is 4.87. The first-order valence-electron chi connectivity index (χ1n) is 13.6. The monoisotopic (exact) mass is 597 g/mol. The first kappa shape index (κ1) is 30.3. The Morgan fingerprint density at radius 2 is 1.72 bits per heavy atom. The fourth-order valence-corrected chi connectivity index (χ4v) is 6.04. The van der Waals surface area contributed by atoms with Gasteiger partial charge in [0.15, 0.2) is 17.9 Å². The van der Waals surface area contributed by atoms with Crippen LogP contribution in [-0.2, 0) is 30.3 Å². The second-order valence-corrected chi connectivity index (χ2v) is 11.1. The van der Waals surface area contributed by atoms with E-state index in [2.05, 4.69) is 5.32 Å². The van der Waals surface area contributed by atoms with Crippen molar-refractivity contribution in [3.05, 3.63) is 51.6 Å². The molecule has 0 unspecified atom stereocenters. The maximum Gasteiger partial charge on any atom is 0.287 e. The average Bonchev–Trinajstić information content (AvgIpc) is 2.95. The lowest BCUT2D eigenvalue weighted by Gasteiger charge is -2.42. The molecule has 1 amide bonds. The highest BCUT2D eigenvalue weighted by atomic mass is 16.7. The minimum atomic E-state index is -2.10. The van der Waals surface area contributed by atoms with Gasteiger partial charge in [0, 0.05) is 42.9 Å². The maximum absolute atomic E-state index is 13.7. The van der Waals surface area contributed by atoms with Crippen molar-refractivity contribution in [1.29, 1.82) is 0 Å². The molecule has 13 heteroatoms. The summed E-state index contributed by atoms with van der Waals surface area (Å²) in [5.41, 5.74) is -3.52. The number of carbonyl (C=O) groups excluding carboxylic acids is 5. The summed E-state index contributed by atoms with van der Waals surface area (Å²) in [4.78, 5) is 63.5. The van der Waals surface area contributed by atoms with Crippen molar-refractivity contribution in [1.82, 2.24) is 5.32 Å². The van der Waals surface area contributed by atoms with Gasteiger partial charge in [-0.15, -0.1) is 0 Å². The zero-order chi connectivity index (χ0) is 31.5. The number of hydrogen-bond acceptors (Lipinski definition) is 12. The van der Waals surface area contributed by atoms with E-state index in [9.17, 15) is 44.4 Å². The fourth-order valence-electron chi connectivity index (χ4n) is 6.04. The number of phenols is 2. The summed E-state index contributed by atoms with van der Waals surface area (Å²) >= 11 is 0. The third-order valence-electron chi connectivity index (χ3n) is 8.39. The third-order valence-corrected chi connectivity index (χ3v) is 8.39. The molecule has 13 nitrogen and oxygen atoms in total. The maximum atomic E-state index is 13.7. The first-order valence-corrected chi connectivity index (χ1v) is 13.6. The lowest BCUT2D eigenvalue weighted by Crippen LogP contribution is -2.56. The van der Waals surface area contributed by atoms with E-state index >= 15 is 0 Å². The minimum Gasteiger partial charge on any atom is -0.507 e. The van der Waals surface area contributed by atoms with Crippen LogP contribution in [0.3, 0.4) is 0 Å². The Balaban J connectivity index is 1.61. The second-order valence-electron chi connectivity index (χ2n) is 11.1. The summed E-state index contributed by atoms with van der Waals surface area (Å²) in [5, 5.41) is 47.3. The van der Waals surface area contributed by atoms with Gasteiger partial charge in [0.25, 0.3) is 5.91 Å². The molecule has 2 aliphatic carbocycles. The Labute approximate surface area is 245 Å². The SMILES string of the molecule is COc1cccc2c1C(=O)c1c(O)c3c(c(O)c1C2=O)C[C@@](O)(C(C)=O)C[C@@H]3O[C@H]1C[C@H](NC(=O)C(C)=O)[C@H](O)[C@H](C)O1. The minimum absolute atomic E-state index is 0.0567. The lowest BCUT2D eigenvalue weighted by atomic mass is 9.72. The van der Waals surface area contributed by atoms with Gasteiger partial charge in [-0.1, -0.05) is 12.1 Å². The van der Waals surface area contributed by atoms with Crippen molar-refractivity contribution in [2.75, 3.05) is 7.11 Å². The number of amides is 1. The van der Waals surface area contributed by atoms with E-state index in [0.717, 1.165) is 13.8 Å². The van der Waals surface area contributed by atoms with Crippen LogP contribution in [0.15, 0.2) is 18.2 Å². The standard InChI is InChI=1S/C30H31NO12/c1-11(32)29(39)31-16-8-19(42-12(2)24(16)34)43-18-10-30(40,13(3)33)9-15-21(18)28(38)23-22(26(15)36)25(35)14-6-5-7-17(41-4)20(14)27(23)37/h5-7,12,16,18-19,24,34,36,38,40H,8-10H2,1-4H3,(H,31,39)/t12-,16-,18-,19-,24+,30-/m0/s1. The summed E-state index contributed by atoms with van der Waals surface area (Å²) in [5.74, 6) is -5.24. The smallest absolute Gasteiger partial charge is 0.287 e. The molecule has 2 aromatic rings. The summed E-state index contributed by atoms with van der Waals surface area (Å²) in [6.07, 6.45) is -5.78. The number of phenolic OH excluding ortho intramolecular Hbond substituents is 2. The van der Waals surface area contributed by atoms with Gasteiger partial charge in [0.1, 0.15) is 29.0 Å². The molecule has 1 saturated heterocycles. The number of rotatable bonds is 6. The largest absolute Gasteiger partial charge is 0.507 e. The Morgan fingerprint density at radius 3 is 2.35 bits per heavy atom. The molecular formula is C30H31NO12. The number of ketones is 4. The van der Waals surface area contributed by atoms with E-state index in [1.54, 1.807) is 0 Å². The van der Waals surface area contributed by atoms with Gasteiger partial charge in [-0.05, 0) is 19.9 Å². The molecule has 1 aliphatic heterocycles. The molecule has 0 saturated carbocycles. The van der Waals surface area contributed by atoms with Crippen LogP contribution in [0.4, 0.5) is 0 Å². The van der Waals surface area contributed by atoms with E-state index in [-0.39, 0.29) is 34.4 Å². The molecule has 1 heterocycles. The number of Topliss-reactive ketones (excluding diaryl/α,β-unsaturated/α-hetero) is 2. The molecule has 0 aromatic heterocycles. The van der Waals surface area contributed by atoms with E-state index in [1.165, 1.54) is 32.2 Å². The number of carbonyl (C=O) groups is 5. The second kappa shape index (κ2) is 10.8. The molecule has 228 valence electrons. The average molecular weight is 598 g/mol. The molecule has 0 spiro atoms. The Hall–Kier alpha value is -4.17. The zero-order valence-electron chi connectivity index (χ0n) is 23.8. The predicted molar refractivity (Wildman–Crippen MR) is 145 cm³/mol. The van der Waals surface area contributed by atoms with Crippen molar-refractivity contribution in [2.24, 2.45) is 0 Å². The van der Waals surface area contributed by atoms with Crippen LogP contribution in [0.2, 0.25) is 0 Å². The molecule has 43 heavy (non-hydrogen) atoms. The van der Waals surface area contributed by atoms with Crippen LogP contribution in [0.25, 0.3) is 0 Å². The van der Waals surface area contributed by atoms with E-state index in [0.29, 0.717) is 0 Å². The van der Waals surface area contributed by atoms with Gasteiger partial charge in [-0.25, -0.2) is 0 Å². The highest BCUT2D eigenvalue weighted by molar-refractivity contribution is 6.35. The van der Waals surface area contributed by atoms with Gasteiger partial charge in [0.2, 0.25) is 11.6 Å². The molecule has 0 bridgehead atoms. The quantitative estimate of drug-likeness (QED) is 0.197. The summed E-state index contributed by atoms with van der Waals surface area (Å²) in [7, 11) is 1.31. The van der Waals surface area contributed by atoms with Crippen LogP contribution in [0.5, 0.6) is 17.2 Å². The van der Waals surface area contributed by atoms with Crippen LogP contribution >= 0.6 is 0 Å². The Kier molecular flexibility index (Phi) is 7.63. The van der Waals surface area contributed by atoms with Crippen molar-refractivity contribution >= 4 is 29.0 Å². The van der Waals surface area contributed by atoms with Crippen LogP contribution in [0.1, 0.15) is 82.7 Å². The topological polar surface area (TPSA) is 206 Å². The van der Waals surface area contributed by atoms with E-state index in [1.807, 2.05) is 0 Å². The normalized spacial score (nSPS) is 27.9. The number of aliphatic hydroxyl groups excluding tert-OH is 1. The molecule has 5 rings (SSSR count). The number of aliphatic hydroxyl groups is 2. The predicted octanol–water partition coefficient (Wildman–Crippen LogP) is 0.775. The van der Waals surface area contributed by atoms with Gasteiger partial charge < -0.3 is 40.0 Å². The van der Waals surface area contributed by atoms with E-state index in [4.69, 9.17) is 14.2 Å². The number of benzene rings is 2. The summed E-state index contributed by atoms with van der Waals surface area (Å²) in [6.45, 7) is 3.70. The van der Waals surface area contributed by atoms with Crippen molar-refractivity contribution in [3.8, 4) is 17.2 Å². The first-order chi connectivity index (χ1) is 20.2. The van der Waals surface area contributed by atoms with Crippen molar-refractivity contribution in [2.45, 2.75) is 76.3 Å². The number of methoxy groups -OCH3 is 1. The van der Waals surface area contributed by atoms with Crippen LogP contribution in [-0.4, -0.2) is 86.7 Å². The Morgan fingerprint density at radius 1 is 1.05 bits per heavy atom. The molecule has 5 N–H and O–H groups in total.